The molecule has 0 unspecified atom stereocenters. The van der Waals surface area contributed by atoms with Crippen molar-refractivity contribution in [3.05, 3.63) is 49.0 Å². The van der Waals surface area contributed by atoms with Gasteiger partial charge in [-0.05, 0) is 12.1 Å². The maximum absolute atomic E-state index is 12.5. The van der Waals surface area contributed by atoms with Gasteiger partial charge in [-0.3, -0.25) is 4.98 Å². The number of hydrogen-bond donors (Lipinski definition) is 0. The smallest absolute Gasteiger partial charge is 0.256 e. The standard InChI is InChI=1S/C12H3Cl5F3N/c13-7-6(8(14)10(16)11(17)9(7)15)5-2-1-4(3-21-5)12(18,19)20/h1-3H. The molecule has 1 aromatic carbocycles. The van der Waals surface area contributed by atoms with Crippen molar-refractivity contribution < 1.29 is 13.2 Å². The van der Waals surface area contributed by atoms with Crippen LogP contribution in [-0.4, -0.2) is 4.98 Å². The Morgan fingerprint density at radius 3 is 1.62 bits per heavy atom. The van der Waals surface area contributed by atoms with Crippen LogP contribution in [0.3, 0.4) is 0 Å². The quantitative estimate of drug-likeness (QED) is 0.373. The van der Waals surface area contributed by atoms with Crippen LogP contribution >= 0.6 is 58.0 Å². The minimum Gasteiger partial charge on any atom is -0.256 e. The predicted octanol–water partition coefficient (Wildman–Crippen LogP) is 7.03. The Morgan fingerprint density at radius 2 is 1.24 bits per heavy atom. The molecule has 1 heterocycles. The molecule has 0 atom stereocenters. The van der Waals surface area contributed by atoms with Crippen LogP contribution in [-0.2, 0) is 6.18 Å². The van der Waals surface area contributed by atoms with Crippen molar-refractivity contribution in [2.24, 2.45) is 0 Å². The molecule has 2 rings (SSSR count). The second-order valence-corrected chi connectivity index (χ2v) is 5.76. The molecule has 0 aliphatic rings. The van der Waals surface area contributed by atoms with Gasteiger partial charge in [0.1, 0.15) is 0 Å². The maximum atomic E-state index is 12.5. The van der Waals surface area contributed by atoms with Crippen LogP contribution in [0.25, 0.3) is 11.3 Å². The van der Waals surface area contributed by atoms with Gasteiger partial charge in [0.2, 0.25) is 0 Å². The molecular weight excluding hydrogens is 392 g/mol. The number of rotatable bonds is 1. The SMILES string of the molecule is FC(F)(F)c1ccc(-c2c(Cl)c(Cl)c(Cl)c(Cl)c2Cl)nc1. The lowest BCUT2D eigenvalue weighted by atomic mass is 10.1. The summed E-state index contributed by atoms with van der Waals surface area (Å²) in [6.07, 6.45) is -3.83. The van der Waals surface area contributed by atoms with E-state index in [4.69, 9.17) is 58.0 Å². The molecule has 2 aromatic rings. The van der Waals surface area contributed by atoms with Crippen LogP contribution in [0.2, 0.25) is 25.1 Å². The second kappa shape index (κ2) is 6.01. The van der Waals surface area contributed by atoms with Crippen LogP contribution in [0.15, 0.2) is 18.3 Å². The minimum absolute atomic E-state index is 0.0380. The summed E-state index contributed by atoms with van der Waals surface area (Å²) >= 11 is 29.7. The van der Waals surface area contributed by atoms with Gasteiger partial charge in [-0.1, -0.05) is 58.0 Å². The fraction of sp³-hybridized carbons (Fsp3) is 0.0833. The van der Waals surface area contributed by atoms with Gasteiger partial charge in [0, 0.05) is 11.8 Å². The number of nitrogens with zero attached hydrogens (tertiary/aromatic N) is 1. The second-order valence-electron chi connectivity index (χ2n) is 3.87. The van der Waals surface area contributed by atoms with Gasteiger partial charge < -0.3 is 0 Å². The molecule has 9 heteroatoms. The molecule has 1 nitrogen and oxygen atoms in total. The normalized spacial score (nSPS) is 11.8. The van der Waals surface area contributed by atoms with Gasteiger partial charge in [0.15, 0.2) is 0 Å². The Labute approximate surface area is 142 Å². The number of aromatic nitrogens is 1. The third kappa shape index (κ3) is 3.20. The maximum Gasteiger partial charge on any atom is 0.417 e. The van der Waals surface area contributed by atoms with E-state index in [1.54, 1.807) is 0 Å². The van der Waals surface area contributed by atoms with Gasteiger partial charge in [-0.25, -0.2) is 0 Å². The first-order valence-electron chi connectivity index (χ1n) is 5.19. The van der Waals surface area contributed by atoms with Crippen LogP contribution in [0, 0.1) is 0 Å². The Hall–Kier alpha value is -0.390. The molecule has 112 valence electrons. The highest BCUT2D eigenvalue weighted by Crippen LogP contribution is 2.47. The van der Waals surface area contributed by atoms with Gasteiger partial charge in [-0.2, -0.15) is 13.2 Å². The molecule has 0 aliphatic heterocycles. The zero-order chi connectivity index (χ0) is 15.9. The summed E-state index contributed by atoms with van der Waals surface area (Å²) in [7, 11) is 0. The summed E-state index contributed by atoms with van der Waals surface area (Å²) in [6, 6.07) is 1.97. The highest BCUT2D eigenvalue weighted by molar-refractivity contribution is 6.56. The topological polar surface area (TPSA) is 12.9 Å². The zero-order valence-corrected chi connectivity index (χ0v) is 13.5. The van der Waals surface area contributed by atoms with E-state index in [0.29, 0.717) is 6.20 Å². The van der Waals surface area contributed by atoms with Crippen LogP contribution in [0.1, 0.15) is 5.56 Å². The van der Waals surface area contributed by atoms with E-state index >= 15 is 0 Å². The molecule has 0 spiro atoms. The Bertz CT molecular complexity index is 669. The summed E-state index contributed by atoms with van der Waals surface area (Å²) in [5.74, 6) is 0. The predicted molar refractivity (Wildman–Crippen MR) is 79.7 cm³/mol. The summed E-state index contributed by atoms with van der Waals surface area (Å²) in [5.41, 5.74) is -0.686. The van der Waals surface area contributed by atoms with Crippen molar-refractivity contribution in [2.75, 3.05) is 0 Å². The first-order valence-corrected chi connectivity index (χ1v) is 7.08. The highest BCUT2D eigenvalue weighted by atomic mass is 35.5. The highest BCUT2D eigenvalue weighted by Gasteiger charge is 2.31. The van der Waals surface area contributed by atoms with E-state index < -0.39 is 11.7 Å². The first kappa shape index (κ1) is 17.0. The molecule has 0 saturated carbocycles. The lowest BCUT2D eigenvalue weighted by Gasteiger charge is -2.13. The molecule has 0 aliphatic carbocycles. The number of benzene rings is 1. The molecule has 0 saturated heterocycles. The molecule has 1 aromatic heterocycles. The lowest BCUT2D eigenvalue weighted by molar-refractivity contribution is -0.137. The Balaban J connectivity index is 2.63. The van der Waals surface area contributed by atoms with Crippen LogP contribution in [0.4, 0.5) is 13.2 Å². The van der Waals surface area contributed by atoms with Crippen molar-refractivity contribution in [1.29, 1.82) is 0 Å². The number of hydrogen-bond acceptors (Lipinski definition) is 1. The largest absolute Gasteiger partial charge is 0.417 e. The molecule has 21 heavy (non-hydrogen) atoms. The fourth-order valence-electron chi connectivity index (χ4n) is 1.54. The summed E-state index contributed by atoms with van der Waals surface area (Å²) in [6.45, 7) is 0. The zero-order valence-electron chi connectivity index (χ0n) is 9.70. The summed E-state index contributed by atoms with van der Waals surface area (Å²) in [5, 5.41) is -0.218. The number of pyridine rings is 1. The number of halogens is 8. The van der Waals surface area contributed by atoms with Gasteiger partial charge >= 0.3 is 6.18 Å². The van der Waals surface area contributed by atoms with Gasteiger partial charge in [-0.15, -0.1) is 0 Å². The third-order valence-electron chi connectivity index (χ3n) is 2.56. The summed E-state index contributed by atoms with van der Waals surface area (Å²) in [4.78, 5) is 3.70. The third-order valence-corrected chi connectivity index (χ3v) is 4.83. The van der Waals surface area contributed by atoms with E-state index in [1.165, 1.54) is 0 Å². The molecule has 0 amide bonds. The molecule has 0 N–H and O–H groups in total. The fourth-order valence-corrected chi connectivity index (χ4v) is 2.87. The van der Waals surface area contributed by atoms with Gasteiger partial charge in [0.05, 0.1) is 36.4 Å². The Morgan fingerprint density at radius 1 is 0.762 bits per heavy atom. The van der Waals surface area contributed by atoms with Gasteiger partial charge in [0.25, 0.3) is 0 Å². The van der Waals surface area contributed by atoms with Crippen LogP contribution in [0.5, 0.6) is 0 Å². The van der Waals surface area contributed by atoms with E-state index in [9.17, 15) is 13.2 Å². The molecule has 0 fully saturated rings. The van der Waals surface area contributed by atoms with E-state index in [1.807, 2.05) is 0 Å². The molecule has 0 radical (unpaired) electrons. The Kier molecular flexibility index (Phi) is 4.86. The van der Waals surface area contributed by atoms with E-state index in [0.717, 1.165) is 12.1 Å². The van der Waals surface area contributed by atoms with Crippen molar-refractivity contribution in [3.63, 3.8) is 0 Å². The van der Waals surface area contributed by atoms with Crippen molar-refractivity contribution in [2.45, 2.75) is 6.18 Å². The molecule has 0 bridgehead atoms. The van der Waals surface area contributed by atoms with Crippen molar-refractivity contribution in [3.8, 4) is 11.3 Å². The van der Waals surface area contributed by atoms with E-state index in [-0.39, 0.29) is 36.4 Å². The monoisotopic (exact) mass is 393 g/mol. The molecular formula is C12H3Cl5F3N. The minimum atomic E-state index is -4.49. The first-order chi connectivity index (χ1) is 9.64. The van der Waals surface area contributed by atoms with Crippen LogP contribution < -0.4 is 0 Å². The van der Waals surface area contributed by atoms with E-state index in [2.05, 4.69) is 4.98 Å². The van der Waals surface area contributed by atoms with Crippen molar-refractivity contribution in [1.82, 2.24) is 4.98 Å². The lowest BCUT2D eigenvalue weighted by Crippen LogP contribution is -2.05. The van der Waals surface area contributed by atoms with Crippen molar-refractivity contribution >= 4 is 58.0 Å². The number of alkyl halides is 3. The summed E-state index contributed by atoms with van der Waals surface area (Å²) < 4.78 is 37.5. The average molecular weight is 395 g/mol. The average Bonchev–Trinajstić information content (AvgIpc) is 2.43.